The molecule has 6 heteroatoms. The van der Waals surface area contributed by atoms with Gasteiger partial charge in [0.2, 0.25) is 0 Å². The normalized spacial score (nSPS) is 11.2. The second-order valence-electron chi connectivity index (χ2n) is 3.94. The number of H-pyrrole nitrogens is 1. The van der Waals surface area contributed by atoms with E-state index in [9.17, 15) is 4.79 Å². The van der Waals surface area contributed by atoms with Crippen LogP contribution in [0.5, 0.6) is 0 Å². The summed E-state index contributed by atoms with van der Waals surface area (Å²) in [4.78, 5) is 14.3. The monoisotopic (exact) mass is 229 g/mol. The van der Waals surface area contributed by atoms with Crippen molar-refractivity contribution in [2.45, 2.75) is 6.92 Å². The summed E-state index contributed by atoms with van der Waals surface area (Å²) in [6.45, 7) is 1.89. The number of hydrogen-bond donors (Lipinski definition) is 1. The third-order valence-corrected chi connectivity index (χ3v) is 2.66. The second-order valence-corrected chi connectivity index (χ2v) is 3.94. The van der Waals surface area contributed by atoms with Crippen molar-refractivity contribution in [1.29, 1.82) is 0 Å². The molecular weight excluding hydrogens is 218 g/mol. The first-order valence-corrected chi connectivity index (χ1v) is 5.23. The van der Waals surface area contributed by atoms with Crippen molar-refractivity contribution in [2.24, 2.45) is 7.05 Å². The maximum Gasteiger partial charge on any atom is 0.251 e. The van der Waals surface area contributed by atoms with Crippen molar-refractivity contribution in [1.82, 2.24) is 24.4 Å². The summed E-state index contributed by atoms with van der Waals surface area (Å²) in [6, 6.07) is 5.21. The molecule has 0 aromatic carbocycles. The van der Waals surface area contributed by atoms with Crippen LogP contribution in [0.2, 0.25) is 0 Å². The Bertz CT molecular complexity index is 749. The van der Waals surface area contributed by atoms with Gasteiger partial charge < -0.3 is 4.98 Å². The average molecular weight is 229 g/mol. The van der Waals surface area contributed by atoms with Crippen molar-refractivity contribution < 1.29 is 0 Å². The number of nitrogens with zero attached hydrogens (tertiary/aromatic N) is 4. The molecule has 0 amide bonds. The van der Waals surface area contributed by atoms with E-state index in [1.165, 1.54) is 6.07 Å². The van der Waals surface area contributed by atoms with Crippen LogP contribution in [0.4, 0.5) is 0 Å². The third kappa shape index (κ3) is 1.45. The molecule has 0 radical (unpaired) electrons. The molecular formula is C11H11N5O. The third-order valence-electron chi connectivity index (χ3n) is 2.66. The van der Waals surface area contributed by atoms with E-state index in [4.69, 9.17) is 0 Å². The summed E-state index contributed by atoms with van der Waals surface area (Å²) in [5.74, 6) is 0. The summed E-state index contributed by atoms with van der Waals surface area (Å²) in [5.41, 5.74) is 2.98. The lowest BCUT2D eigenvalue weighted by Gasteiger charge is -2.04. The zero-order valence-corrected chi connectivity index (χ0v) is 9.51. The quantitative estimate of drug-likeness (QED) is 0.669. The van der Waals surface area contributed by atoms with Crippen molar-refractivity contribution in [3.05, 3.63) is 40.4 Å². The van der Waals surface area contributed by atoms with E-state index in [1.54, 1.807) is 15.4 Å². The first-order valence-electron chi connectivity index (χ1n) is 5.23. The minimum Gasteiger partial charge on any atom is -0.307 e. The molecule has 3 aromatic heterocycles. The van der Waals surface area contributed by atoms with Gasteiger partial charge in [0.1, 0.15) is 5.65 Å². The van der Waals surface area contributed by atoms with E-state index >= 15 is 0 Å². The van der Waals surface area contributed by atoms with Crippen molar-refractivity contribution in [3.8, 4) is 11.4 Å². The van der Waals surface area contributed by atoms with Gasteiger partial charge in [-0.3, -0.25) is 9.48 Å². The zero-order valence-electron chi connectivity index (χ0n) is 9.51. The summed E-state index contributed by atoms with van der Waals surface area (Å²) in [5, 5.41) is 8.46. The predicted octanol–water partition coefficient (Wildman–Crippen LogP) is 0.732. The minimum atomic E-state index is -0.145. The number of aryl methyl sites for hydroxylation is 2. The molecule has 0 aliphatic heterocycles. The Kier molecular flexibility index (Phi) is 1.91. The van der Waals surface area contributed by atoms with E-state index < -0.39 is 0 Å². The molecule has 0 saturated heterocycles. The van der Waals surface area contributed by atoms with E-state index in [1.807, 2.05) is 26.1 Å². The standard InChI is InChI=1S/C11H11N5O/c1-7-5-10-13-11(17)6-9(16(10)14-7)8-3-4-12-15(8)2/h3-6H,1-2H3,(H,13,17). The molecule has 3 rings (SSSR count). The van der Waals surface area contributed by atoms with Gasteiger partial charge in [-0.1, -0.05) is 0 Å². The van der Waals surface area contributed by atoms with E-state index in [0.717, 1.165) is 17.1 Å². The second kappa shape index (κ2) is 3.31. The highest BCUT2D eigenvalue weighted by atomic mass is 16.1. The molecule has 6 nitrogen and oxygen atoms in total. The molecule has 0 saturated carbocycles. The number of rotatable bonds is 1. The molecule has 17 heavy (non-hydrogen) atoms. The van der Waals surface area contributed by atoms with Crippen LogP contribution in [-0.4, -0.2) is 24.4 Å². The largest absolute Gasteiger partial charge is 0.307 e. The zero-order chi connectivity index (χ0) is 12.0. The number of fused-ring (bicyclic) bond motifs is 1. The lowest BCUT2D eigenvalue weighted by atomic mass is 10.3. The number of aromatic nitrogens is 5. The minimum absolute atomic E-state index is 0.145. The fraction of sp³-hybridized carbons (Fsp3) is 0.182. The van der Waals surface area contributed by atoms with Gasteiger partial charge in [0.25, 0.3) is 5.56 Å². The topological polar surface area (TPSA) is 68.0 Å². The maximum atomic E-state index is 11.6. The van der Waals surface area contributed by atoms with Crippen molar-refractivity contribution in [2.75, 3.05) is 0 Å². The van der Waals surface area contributed by atoms with Crippen LogP contribution < -0.4 is 5.56 Å². The van der Waals surface area contributed by atoms with E-state index in [-0.39, 0.29) is 5.56 Å². The van der Waals surface area contributed by atoms with Crippen molar-refractivity contribution in [3.63, 3.8) is 0 Å². The fourth-order valence-corrected chi connectivity index (χ4v) is 1.93. The summed E-state index contributed by atoms with van der Waals surface area (Å²) < 4.78 is 3.43. The molecule has 0 aliphatic rings. The Balaban J connectivity index is 2.43. The van der Waals surface area contributed by atoms with Gasteiger partial charge >= 0.3 is 0 Å². The van der Waals surface area contributed by atoms with Gasteiger partial charge in [0, 0.05) is 25.4 Å². The average Bonchev–Trinajstić information content (AvgIpc) is 2.82. The molecule has 86 valence electrons. The molecule has 1 N–H and O–H groups in total. The molecule has 3 heterocycles. The lowest BCUT2D eigenvalue weighted by Crippen LogP contribution is -2.10. The van der Waals surface area contributed by atoms with Gasteiger partial charge in [0.05, 0.1) is 17.1 Å². The van der Waals surface area contributed by atoms with Crippen molar-refractivity contribution >= 4 is 5.65 Å². The molecule has 0 atom stereocenters. The lowest BCUT2D eigenvalue weighted by molar-refractivity contribution is 0.766. The number of aromatic amines is 1. The Hall–Kier alpha value is -2.37. The van der Waals surface area contributed by atoms with Crippen LogP contribution in [-0.2, 0) is 7.05 Å². The molecule has 0 aliphatic carbocycles. The van der Waals surface area contributed by atoms with Gasteiger partial charge in [-0.15, -0.1) is 0 Å². The summed E-state index contributed by atoms with van der Waals surface area (Å²) in [6.07, 6.45) is 1.69. The highest BCUT2D eigenvalue weighted by molar-refractivity contribution is 5.58. The first kappa shape index (κ1) is 9.83. The smallest absolute Gasteiger partial charge is 0.251 e. The summed E-state index contributed by atoms with van der Waals surface area (Å²) in [7, 11) is 1.83. The Morgan fingerprint density at radius 3 is 2.82 bits per heavy atom. The van der Waals surface area contributed by atoms with E-state index in [2.05, 4.69) is 15.2 Å². The maximum absolute atomic E-state index is 11.6. The van der Waals surface area contributed by atoms with Gasteiger partial charge in [-0.2, -0.15) is 10.2 Å². The Labute approximate surface area is 96.5 Å². The molecule has 3 aromatic rings. The first-order chi connectivity index (χ1) is 8.15. The number of nitrogens with one attached hydrogen (secondary N) is 1. The molecule has 0 bridgehead atoms. The van der Waals surface area contributed by atoms with Gasteiger partial charge in [0.15, 0.2) is 0 Å². The van der Waals surface area contributed by atoms with Gasteiger partial charge in [-0.25, -0.2) is 4.52 Å². The predicted molar refractivity (Wildman–Crippen MR) is 62.8 cm³/mol. The fourth-order valence-electron chi connectivity index (χ4n) is 1.93. The van der Waals surface area contributed by atoms with Gasteiger partial charge in [-0.05, 0) is 13.0 Å². The van der Waals surface area contributed by atoms with Crippen LogP contribution in [0.3, 0.4) is 0 Å². The Morgan fingerprint density at radius 1 is 1.29 bits per heavy atom. The molecule has 0 fully saturated rings. The Morgan fingerprint density at radius 2 is 2.12 bits per heavy atom. The highest BCUT2D eigenvalue weighted by Crippen LogP contribution is 2.17. The van der Waals surface area contributed by atoms with Crippen LogP contribution in [0, 0.1) is 6.92 Å². The van der Waals surface area contributed by atoms with Crippen LogP contribution in [0.15, 0.2) is 29.2 Å². The SMILES string of the molecule is Cc1cc2[nH]c(=O)cc(-c3ccnn3C)n2n1. The summed E-state index contributed by atoms with van der Waals surface area (Å²) >= 11 is 0. The van der Waals surface area contributed by atoms with Crippen LogP contribution in [0.1, 0.15) is 5.69 Å². The highest BCUT2D eigenvalue weighted by Gasteiger charge is 2.10. The number of hydrogen-bond acceptors (Lipinski definition) is 3. The van der Waals surface area contributed by atoms with E-state index in [0.29, 0.717) is 5.65 Å². The van der Waals surface area contributed by atoms with Crippen LogP contribution in [0.25, 0.3) is 17.0 Å². The molecule has 0 unspecified atom stereocenters. The van der Waals surface area contributed by atoms with Crippen LogP contribution >= 0.6 is 0 Å². The molecule has 0 spiro atoms.